The molecule has 2 aromatic heterocycles. The average molecular weight is 278 g/mol. The Morgan fingerprint density at radius 1 is 1.26 bits per heavy atom. The van der Waals surface area contributed by atoms with Crippen LogP contribution in [-0.4, -0.2) is 31.7 Å². The van der Waals surface area contributed by atoms with E-state index in [1.165, 1.54) is 11.8 Å². The van der Waals surface area contributed by atoms with E-state index < -0.39 is 0 Å². The zero-order chi connectivity index (χ0) is 13.7. The number of nitrogens with zero attached hydrogens (tertiary/aromatic N) is 4. The first-order valence-electron chi connectivity index (χ1n) is 6.40. The molecule has 0 saturated heterocycles. The van der Waals surface area contributed by atoms with Gasteiger partial charge in [0.25, 0.3) is 0 Å². The summed E-state index contributed by atoms with van der Waals surface area (Å²) in [7, 11) is 0. The van der Waals surface area contributed by atoms with Gasteiger partial charge in [-0.2, -0.15) is 0 Å². The number of anilines is 1. The molecule has 0 amide bonds. The van der Waals surface area contributed by atoms with Crippen molar-refractivity contribution in [2.75, 3.05) is 11.9 Å². The number of hydrogen-bond donors (Lipinski definition) is 2. The zero-order valence-electron chi connectivity index (χ0n) is 11.4. The van der Waals surface area contributed by atoms with Crippen molar-refractivity contribution < 1.29 is 0 Å². The minimum Gasteiger partial charge on any atom is -0.370 e. The Hall–Kier alpha value is -1.63. The first kappa shape index (κ1) is 13.8. The van der Waals surface area contributed by atoms with Crippen LogP contribution in [0, 0.1) is 6.92 Å². The Morgan fingerprint density at radius 3 is 2.74 bits per heavy atom. The molecule has 0 saturated carbocycles. The smallest absolute Gasteiger partial charge is 0.214 e. The van der Waals surface area contributed by atoms with E-state index in [-0.39, 0.29) is 0 Å². The van der Waals surface area contributed by atoms with Crippen molar-refractivity contribution in [2.24, 2.45) is 0 Å². The van der Waals surface area contributed by atoms with Gasteiger partial charge >= 0.3 is 0 Å². The lowest BCUT2D eigenvalue weighted by molar-refractivity contribution is 0.873. The van der Waals surface area contributed by atoms with Gasteiger partial charge in [0, 0.05) is 19.0 Å². The zero-order valence-corrected chi connectivity index (χ0v) is 12.2. The van der Waals surface area contributed by atoms with E-state index in [1.807, 2.05) is 19.9 Å². The second kappa shape index (κ2) is 6.51. The molecule has 0 aromatic carbocycles. The highest BCUT2D eigenvalue weighted by Crippen LogP contribution is 2.24. The molecule has 0 bridgehead atoms. The summed E-state index contributed by atoms with van der Waals surface area (Å²) in [5, 5.41) is 11.8. The summed E-state index contributed by atoms with van der Waals surface area (Å²) >= 11 is 1.44. The van der Waals surface area contributed by atoms with E-state index in [4.69, 9.17) is 0 Å². The van der Waals surface area contributed by atoms with E-state index in [0.29, 0.717) is 5.16 Å². The molecule has 0 aliphatic rings. The highest BCUT2D eigenvalue weighted by atomic mass is 32.2. The SMILES string of the molecule is CCCNc1cc(Sc2n[nH]c(C)n2)nc(CC)n1. The Kier molecular flexibility index (Phi) is 4.73. The van der Waals surface area contributed by atoms with Crippen LogP contribution >= 0.6 is 11.8 Å². The predicted octanol–water partition coefficient (Wildman–Crippen LogP) is 2.44. The van der Waals surface area contributed by atoms with Crippen LogP contribution in [0.3, 0.4) is 0 Å². The number of aromatic nitrogens is 5. The van der Waals surface area contributed by atoms with E-state index >= 15 is 0 Å². The minimum absolute atomic E-state index is 0.680. The monoisotopic (exact) mass is 278 g/mol. The molecule has 2 rings (SSSR count). The lowest BCUT2D eigenvalue weighted by Crippen LogP contribution is -2.05. The van der Waals surface area contributed by atoms with Gasteiger partial charge in [0.15, 0.2) is 0 Å². The lowest BCUT2D eigenvalue weighted by Gasteiger charge is -2.07. The first-order valence-corrected chi connectivity index (χ1v) is 7.21. The highest BCUT2D eigenvalue weighted by Gasteiger charge is 2.08. The number of aromatic amines is 1. The maximum Gasteiger partial charge on any atom is 0.214 e. The Morgan fingerprint density at radius 2 is 2.11 bits per heavy atom. The van der Waals surface area contributed by atoms with Crippen LogP contribution in [0.15, 0.2) is 16.2 Å². The second-order valence-corrected chi connectivity index (χ2v) is 5.08. The summed E-state index contributed by atoms with van der Waals surface area (Å²) in [4.78, 5) is 13.2. The van der Waals surface area contributed by atoms with E-state index in [0.717, 1.165) is 41.9 Å². The third-order valence-corrected chi connectivity index (χ3v) is 3.18. The molecule has 102 valence electrons. The third kappa shape index (κ3) is 3.92. The van der Waals surface area contributed by atoms with E-state index in [1.54, 1.807) is 0 Å². The number of aryl methyl sites for hydroxylation is 2. The standard InChI is InChI=1S/C12H18N6S/c1-4-6-13-10-7-11(16-9(5-2)15-10)19-12-14-8(3)17-18-12/h7H,4-6H2,1-3H3,(H,13,15,16)(H,14,17,18). The molecule has 6 nitrogen and oxygen atoms in total. The number of H-pyrrole nitrogens is 1. The number of hydrogen-bond acceptors (Lipinski definition) is 6. The van der Waals surface area contributed by atoms with Crippen molar-refractivity contribution in [1.82, 2.24) is 25.1 Å². The van der Waals surface area contributed by atoms with Gasteiger partial charge in [0.2, 0.25) is 5.16 Å². The Bertz CT molecular complexity index is 539. The molecule has 0 unspecified atom stereocenters. The van der Waals surface area contributed by atoms with Gasteiger partial charge < -0.3 is 5.32 Å². The summed E-state index contributed by atoms with van der Waals surface area (Å²) in [6.45, 7) is 6.96. The summed E-state index contributed by atoms with van der Waals surface area (Å²) in [5.41, 5.74) is 0. The van der Waals surface area contributed by atoms with Crippen LogP contribution in [0.5, 0.6) is 0 Å². The Labute approximate surface area is 116 Å². The number of nitrogens with one attached hydrogen (secondary N) is 2. The van der Waals surface area contributed by atoms with E-state index in [2.05, 4.69) is 37.4 Å². The fraction of sp³-hybridized carbons (Fsp3) is 0.500. The summed E-state index contributed by atoms with van der Waals surface area (Å²) in [6.07, 6.45) is 1.87. The molecule has 0 fully saturated rings. The van der Waals surface area contributed by atoms with Gasteiger partial charge in [-0.3, -0.25) is 5.10 Å². The first-order chi connectivity index (χ1) is 9.21. The third-order valence-electron chi connectivity index (χ3n) is 2.39. The summed E-state index contributed by atoms with van der Waals surface area (Å²) in [5.74, 6) is 2.50. The number of rotatable bonds is 6. The van der Waals surface area contributed by atoms with Crippen molar-refractivity contribution >= 4 is 17.6 Å². The molecular weight excluding hydrogens is 260 g/mol. The second-order valence-electron chi connectivity index (χ2n) is 4.09. The minimum atomic E-state index is 0.680. The van der Waals surface area contributed by atoms with Gasteiger partial charge in [-0.15, -0.1) is 5.10 Å². The molecule has 2 heterocycles. The predicted molar refractivity (Wildman–Crippen MR) is 75.4 cm³/mol. The molecule has 0 aliphatic carbocycles. The van der Waals surface area contributed by atoms with Crippen LogP contribution in [-0.2, 0) is 6.42 Å². The Balaban J connectivity index is 2.18. The fourth-order valence-corrected chi connectivity index (χ4v) is 2.27. The molecule has 0 atom stereocenters. The molecule has 7 heteroatoms. The summed E-state index contributed by atoms with van der Waals surface area (Å²) < 4.78 is 0. The average Bonchev–Trinajstić information content (AvgIpc) is 2.81. The van der Waals surface area contributed by atoms with Gasteiger partial charge in [0.1, 0.15) is 22.5 Å². The van der Waals surface area contributed by atoms with Gasteiger partial charge in [-0.25, -0.2) is 15.0 Å². The highest BCUT2D eigenvalue weighted by molar-refractivity contribution is 7.99. The molecule has 0 radical (unpaired) electrons. The normalized spacial score (nSPS) is 10.7. The van der Waals surface area contributed by atoms with Crippen molar-refractivity contribution in [3.05, 3.63) is 17.7 Å². The van der Waals surface area contributed by atoms with Gasteiger partial charge in [-0.05, 0) is 25.1 Å². The largest absolute Gasteiger partial charge is 0.370 e. The fourth-order valence-electron chi connectivity index (χ4n) is 1.49. The van der Waals surface area contributed by atoms with Crippen LogP contribution in [0.2, 0.25) is 0 Å². The molecule has 2 aromatic rings. The van der Waals surface area contributed by atoms with Crippen LogP contribution in [0.4, 0.5) is 5.82 Å². The van der Waals surface area contributed by atoms with Crippen molar-refractivity contribution in [3.8, 4) is 0 Å². The van der Waals surface area contributed by atoms with Crippen LogP contribution < -0.4 is 5.32 Å². The van der Waals surface area contributed by atoms with Gasteiger partial charge in [-0.1, -0.05) is 13.8 Å². The van der Waals surface area contributed by atoms with Crippen molar-refractivity contribution in [2.45, 2.75) is 43.8 Å². The summed E-state index contributed by atoms with van der Waals surface area (Å²) in [6, 6.07) is 1.94. The molecule has 2 N–H and O–H groups in total. The van der Waals surface area contributed by atoms with Crippen LogP contribution in [0.1, 0.15) is 31.9 Å². The lowest BCUT2D eigenvalue weighted by atomic mass is 10.4. The van der Waals surface area contributed by atoms with Crippen molar-refractivity contribution in [1.29, 1.82) is 0 Å². The van der Waals surface area contributed by atoms with Crippen molar-refractivity contribution in [3.63, 3.8) is 0 Å². The van der Waals surface area contributed by atoms with Gasteiger partial charge in [0.05, 0.1) is 0 Å². The molecular formula is C12H18N6S. The maximum absolute atomic E-state index is 4.48. The molecule has 0 aliphatic heterocycles. The topological polar surface area (TPSA) is 79.4 Å². The van der Waals surface area contributed by atoms with E-state index in [9.17, 15) is 0 Å². The molecule has 19 heavy (non-hydrogen) atoms. The quantitative estimate of drug-likeness (QED) is 0.790. The maximum atomic E-state index is 4.48. The van der Waals surface area contributed by atoms with Crippen LogP contribution in [0.25, 0.3) is 0 Å². The molecule has 0 spiro atoms.